The van der Waals surface area contributed by atoms with E-state index < -0.39 is 0 Å². The summed E-state index contributed by atoms with van der Waals surface area (Å²) in [6.45, 7) is 0. The monoisotopic (exact) mass is 152 g/mol. The first-order valence-electron chi connectivity index (χ1n) is 4.41. The van der Waals surface area contributed by atoms with Crippen molar-refractivity contribution in [2.75, 3.05) is 0 Å². The van der Waals surface area contributed by atoms with Crippen LogP contribution in [0, 0.1) is 17.8 Å². The fourth-order valence-corrected chi connectivity index (χ4v) is 2.45. The molecule has 2 bridgehead atoms. The Hall–Kier alpha value is -0.530. The molecule has 3 saturated carbocycles. The molecule has 2 N–H and O–H groups in total. The van der Waals surface area contributed by atoms with E-state index in [-0.39, 0.29) is 11.8 Å². The Bertz CT molecular complexity index is 170. The molecule has 2 nitrogen and oxygen atoms in total. The summed E-state index contributed by atoms with van der Waals surface area (Å²) in [5.74, 6) is 2.27. The molecule has 3 aliphatic carbocycles. The van der Waals surface area contributed by atoms with Crippen molar-refractivity contribution in [3.63, 3.8) is 0 Å². The van der Waals surface area contributed by atoms with Crippen LogP contribution in [0.1, 0.15) is 32.1 Å². The lowest BCUT2D eigenvalue weighted by atomic mass is 9.64. The van der Waals surface area contributed by atoms with Crippen molar-refractivity contribution in [2.24, 2.45) is 17.6 Å². The number of nitrogens with two attached hydrogens (primary N) is 1. The molecule has 0 aliphatic heterocycles. The molecule has 0 heterocycles. The molecule has 1 radical (unpaired) electrons. The second kappa shape index (κ2) is 2.50. The Labute approximate surface area is 67.1 Å². The first kappa shape index (κ1) is 7.14. The predicted molar refractivity (Wildman–Crippen MR) is 42.5 cm³/mol. The van der Waals surface area contributed by atoms with Crippen LogP contribution in [0.15, 0.2) is 0 Å². The van der Waals surface area contributed by atoms with Crippen LogP contribution in [-0.2, 0) is 4.79 Å². The molecule has 0 spiro atoms. The maximum Gasteiger partial charge on any atom is 0.221 e. The van der Waals surface area contributed by atoms with Crippen molar-refractivity contribution in [1.29, 1.82) is 0 Å². The van der Waals surface area contributed by atoms with Gasteiger partial charge in [0.05, 0.1) is 0 Å². The largest absolute Gasteiger partial charge is 0.369 e. The number of carbonyl (C=O) groups excluding carboxylic acids is 1. The molecule has 3 rings (SSSR count). The van der Waals surface area contributed by atoms with Gasteiger partial charge in [-0.15, -0.1) is 0 Å². The minimum absolute atomic E-state index is 0.0931. The van der Waals surface area contributed by atoms with Crippen LogP contribution in [0.25, 0.3) is 0 Å². The van der Waals surface area contributed by atoms with Gasteiger partial charge in [-0.1, -0.05) is 0 Å². The lowest BCUT2D eigenvalue weighted by Gasteiger charge is -2.40. The van der Waals surface area contributed by atoms with Gasteiger partial charge in [0.15, 0.2) is 0 Å². The quantitative estimate of drug-likeness (QED) is 0.604. The Balaban J connectivity index is 2.08. The van der Waals surface area contributed by atoms with E-state index in [1.54, 1.807) is 0 Å². The van der Waals surface area contributed by atoms with Gasteiger partial charge < -0.3 is 5.73 Å². The van der Waals surface area contributed by atoms with Crippen molar-refractivity contribution >= 4 is 5.91 Å². The Morgan fingerprint density at radius 3 is 2.27 bits per heavy atom. The third-order valence-corrected chi connectivity index (χ3v) is 3.15. The fourth-order valence-electron chi connectivity index (χ4n) is 2.45. The molecule has 0 saturated heterocycles. The van der Waals surface area contributed by atoms with Gasteiger partial charge in [0.2, 0.25) is 5.91 Å². The van der Waals surface area contributed by atoms with E-state index in [0.717, 1.165) is 25.2 Å². The van der Waals surface area contributed by atoms with Crippen LogP contribution >= 0.6 is 0 Å². The van der Waals surface area contributed by atoms with E-state index in [1.807, 2.05) is 0 Å². The number of primary amides is 1. The SMILES string of the molecule is NC(=O)C1CC2CC[C]1CC2. The Morgan fingerprint density at radius 1 is 1.36 bits per heavy atom. The number of fused-ring (bicyclic) bond motifs is 3. The molecule has 61 valence electrons. The van der Waals surface area contributed by atoms with Gasteiger partial charge in [-0.2, -0.15) is 0 Å². The van der Waals surface area contributed by atoms with E-state index in [9.17, 15) is 4.79 Å². The summed E-state index contributed by atoms with van der Waals surface area (Å²) in [7, 11) is 0. The van der Waals surface area contributed by atoms with Crippen LogP contribution in [0.2, 0.25) is 0 Å². The van der Waals surface area contributed by atoms with Crippen molar-refractivity contribution in [3.8, 4) is 0 Å². The number of amides is 1. The molecule has 3 aliphatic rings. The first-order valence-corrected chi connectivity index (χ1v) is 4.41. The molecule has 1 unspecified atom stereocenters. The zero-order valence-electron chi connectivity index (χ0n) is 6.68. The highest BCUT2D eigenvalue weighted by molar-refractivity contribution is 5.79. The highest BCUT2D eigenvalue weighted by Crippen LogP contribution is 2.45. The molecule has 0 aromatic heterocycles. The van der Waals surface area contributed by atoms with Crippen LogP contribution in [0.5, 0.6) is 0 Å². The minimum Gasteiger partial charge on any atom is -0.369 e. The lowest BCUT2D eigenvalue weighted by molar-refractivity contribution is -0.123. The highest BCUT2D eigenvalue weighted by atomic mass is 16.1. The van der Waals surface area contributed by atoms with Gasteiger partial charge in [0.1, 0.15) is 0 Å². The van der Waals surface area contributed by atoms with Gasteiger partial charge in [-0.05, 0) is 43.9 Å². The van der Waals surface area contributed by atoms with Crippen LogP contribution < -0.4 is 5.73 Å². The van der Waals surface area contributed by atoms with Crippen molar-refractivity contribution in [3.05, 3.63) is 5.92 Å². The third kappa shape index (κ3) is 1.15. The topological polar surface area (TPSA) is 43.1 Å². The van der Waals surface area contributed by atoms with Gasteiger partial charge in [-0.25, -0.2) is 0 Å². The summed E-state index contributed by atoms with van der Waals surface area (Å²) in [5.41, 5.74) is 5.29. The van der Waals surface area contributed by atoms with Gasteiger partial charge >= 0.3 is 0 Å². The molecule has 0 aromatic carbocycles. The van der Waals surface area contributed by atoms with Crippen LogP contribution in [0.4, 0.5) is 0 Å². The lowest BCUT2D eigenvalue weighted by Crippen LogP contribution is -2.37. The van der Waals surface area contributed by atoms with Gasteiger partial charge in [0.25, 0.3) is 0 Å². The molecule has 1 atom stereocenters. The average molecular weight is 152 g/mol. The Kier molecular flexibility index (Phi) is 1.63. The summed E-state index contributed by atoms with van der Waals surface area (Å²) in [6.07, 6.45) is 5.99. The average Bonchev–Trinajstić information content (AvgIpc) is 2.06. The molecular formula is C9H14NO. The van der Waals surface area contributed by atoms with E-state index >= 15 is 0 Å². The number of hydrogen-bond donors (Lipinski definition) is 1. The minimum atomic E-state index is -0.0931. The summed E-state index contributed by atoms with van der Waals surface area (Å²) in [4.78, 5) is 10.9. The first-order chi connectivity index (χ1) is 5.27. The molecular weight excluding hydrogens is 138 g/mol. The molecule has 1 amide bonds. The van der Waals surface area contributed by atoms with E-state index in [2.05, 4.69) is 0 Å². The van der Waals surface area contributed by atoms with E-state index in [1.165, 1.54) is 18.8 Å². The maximum atomic E-state index is 10.9. The van der Waals surface area contributed by atoms with Crippen LogP contribution in [0.3, 0.4) is 0 Å². The number of rotatable bonds is 1. The number of carbonyl (C=O) groups is 1. The Morgan fingerprint density at radius 2 is 2.00 bits per heavy atom. The zero-order valence-corrected chi connectivity index (χ0v) is 6.68. The third-order valence-electron chi connectivity index (χ3n) is 3.15. The zero-order chi connectivity index (χ0) is 7.84. The number of hydrogen-bond acceptors (Lipinski definition) is 1. The van der Waals surface area contributed by atoms with Gasteiger partial charge in [0, 0.05) is 5.92 Å². The summed E-state index contributed by atoms with van der Waals surface area (Å²) in [6, 6.07) is 0. The standard InChI is InChI=1S/C9H14NO/c10-9(11)8-5-6-1-3-7(8)4-2-6/h6,8H,1-5H2,(H2,10,11). The molecule has 11 heavy (non-hydrogen) atoms. The smallest absolute Gasteiger partial charge is 0.221 e. The van der Waals surface area contributed by atoms with E-state index in [4.69, 9.17) is 5.73 Å². The van der Waals surface area contributed by atoms with Crippen LogP contribution in [-0.4, -0.2) is 5.91 Å². The molecule has 0 aromatic rings. The summed E-state index contributed by atoms with van der Waals surface area (Å²) in [5, 5.41) is 0. The van der Waals surface area contributed by atoms with Gasteiger partial charge in [-0.3, -0.25) is 4.79 Å². The van der Waals surface area contributed by atoms with Crippen molar-refractivity contribution < 1.29 is 4.79 Å². The second-order valence-corrected chi connectivity index (χ2v) is 3.79. The molecule has 3 fully saturated rings. The molecule has 2 heteroatoms. The maximum absolute atomic E-state index is 10.9. The summed E-state index contributed by atoms with van der Waals surface area (Å²) < 4.78 is 0. The fraction of sp³-hybridized carbons (Fsp3) is 0.778. The second-order valence-electron chi connectivity index (χ2n) is 3.79. The predicted octanol–water partition coefficient (Wildman–Crippen LogP) is 1.26. The summed E-state index contributed by atoms with van der Waals surface area (Å²) >= 11 is 0. The normalized spacial score (nSPS) is 37.5. The van der Waals surface area contributed by atoms with Crippen molar-refractivity contribution in [2.45, 2.75) is 32.1 Å². The highest BCUT2D eigenvalue weighted by Gasteiger charge is 2.38. The van der Waals surface area contributed by atoms with E-state index in [0.29, 0.717) is 0 Å². The van der Waals surface area contributed by atoms with Crippen molar-refractivity contribution in [1.82, 2.24) is 0 Å².